The normalized spacial score (nSPS) is 19.1. The average Bonchev–Trinajstić information content (AvgIpc) is 2.69. The number of hydrogen-bond donors (Lipinski definition) is 4. The Hall–Kier alpha value is -3.00. The molecule has 1 fully saturated rings. The van der Waals surface area contributed by atoms with Gasteiger partial charge in [-0.05, 0) is 48.4 Å². The number of urea groups is 1. The Morgan fingerprint density at radius 1 is 1.11 bits per heavy atom. The number of piperidine rings is 1. The summed E-state index contributed by atoms with van der Waals surface area (Å²) < 4.78 is 26.9. The zero-order valence-corrected chi connectivity index (χ0v) is 15.2. The molecule has 6 nitrogen and oxygen atoms in total. The van der Waals surface area contributed by atoms with Crippen molar-refractivity contribution in [1.29, 1.82) is 0 Å². The predicted octanol–water partition coefficient (Wildman–Crippen LogP) is 2.01. The number of halogens is 2. The molecule has 0 bridgehead atoms. The molecule has 1 aliphatic rings. The maximum absolute atomic E-state index is 13.6. The fourth-order valence-electron chi connectivity index (χ4n) is 3.37. The summed E-state index contributed by atoms with van der Waals surface area (Å²) in [5.41, 5.74) is 6.99. The van der Waals surface area contributed by atoms with Gasteiger partial charge in [0.15, 0.2) is 11.6 Å². The number of amides is 3. The smallest absolute Gasteiger partial charge is 0.312 e. The third-order valence-corrected chi connectivity index (χ3v) is 4.85. The lowest BCUT2D eigenvalue weighted by Crippen LogP contribution is -2.50. The second-order valence-electron chi connectivity index (χ2n) is 6.77. The minimum Gasteiger partial charge on any atom is -0.352 e. The van der Waals surface area contributed by atoms with Crippen LogP contribution in [0, 0.1) is 11.6 Å². The molecule has 3 rings (SSSR count). The summed E-state index contributed by atoms with van der Waals surface area (Å²) >= 11 is 0. The standard InChI is InChI=1S/C20H22F2N4O2/c21-16-6-5-14(9-17(16)22)15-7-8-24-11-18(15)26-19(27)13-3-1-12(2-4-13)10-25-20(23)28/h1-6,9,15,18,24H,7-8,10-11H2,(H,26,27)(H3,23,25,28). The van der Waals surface area contributed by atoms with Gasteiger partial charge in [-0.1, -0.05) is 18.2 Å². The SMILES string of the molecule is NC(=O)NCc1ccc(C(=O)NC2CNCCC2c2ccc(F)c(F)c2)cc1. The quantitative estimate of drug-likeness (QED) is 0.631. The molecule has 3 amide bonds. The van der Waals surface area contributed by atoms with Crippen molar-refractivity contribution < 1.29 is 18.4 Å². The molecular weight excluding hydrogens is 366 g/mol. The molecule has 0 aliphatic carbocycles. The number of benzene rings is 2. The molecule has 5 N–H and O–H groups in total. The van der Waals surface area contributed by atoms with Crippen molar-refractivity contribution in [2.75, 3.05) is 13.1 Å². The van der Waals surface area contributed by atoms with Gasteiger partial charge in [0.1, 0.15) is 0 Å². The Bertz CT molecular complexity index is 858. The number of primary amides is 1. The van der Waals surface area contributed by atoms with Crippen molar-refractivity contribution >= 4 is 11.9 Å². The van der Waals surface area contributed by atoms with Crippen molar-refractivity contribution in [2.24, 2.45) is 5.73 Å². The Morgan fingerprint density at radius 3 is 2.54 bits per heavy atom. The van der Waals surface area contributed by atoms with E-state index in [1.165, 1.54) is 6.07 Å². The van der Waals surface area contributed by atoms with Crippen LogP contribution in [0.1, 0.15) is 33.8 Å². The lowest BCUT2D eigenvalue weighted by Gasteiger charge is -2.33. The summed E-state index contributed by atoms with van der Waals surface area (Å²) in [6.07, 6.45) is 0.702. The summed E-state index contributed by atoms with van der Waals surface area (Å²) in [6.45, 7) is 1.55. The van der Waals surface area contributed by atoms with E-state index in [1.807, 2.05) is 0 Å². The highest BCUT2D eigenvalue weighted by Crippen LogP contribution is 2.27. The monoisotopic (exact) mass is 388 g/mol. The lowest BCUT2D eigenvalue weighted by molar-refractivity contribution is 0.0924. The van der Waals surface area contributed by atoms with Gasteiger partial charge in [-0.3, -0.25) is 4.79 Å². The predicted molar refractivity (Wildman–Crippen MR) is 101 cm³/mol. The van der Waals surface area contributed by atoms with E-state index in [2.05, 4.69) is 16.0 Å². The van der Waals surface area contributed by atoms with Gasteiger partial charge in [0.25, 0.3) is 5.91 Å². The summed E-state index contributed by atoms with van der Waals surface area (Å²) in [5, 5.41) is 8.68. The molecular formula is C20H22F2N4O2. The fraction of sp³-hybridized carbons (Fsp3) is 0.300. The first-order chi connectivity index (χ1) is 13.4. The van der Waals surface area contributed by atoms with Gasteiger partial charge in [-0.2, -0.15) is 0 Å². The molecule has 2 aromatic carbocycles. The molecule has 2 aromatic rings. The third kappa shape index (κ3) is 4.83. The maximum atomic E-state index is 13.6. The fourth-order valence-corrected chi connectivity index (χ4v) is 3.37. The van der Waals surface area contributed by atoms with E-state index in [-0.39, 0.29) is 24.4 Å². The molecule has 8 heteroatoms. The van der Waals surface area contributed by atoms with Crippen molar-refractivity contribution in [3.63, 3.8) is 0 Å². The molecule has 148 valence electrons. The maximum Gasteiger partial charge on any atom is 0.312 e. The van der Waals surface area contributed by atoms with E-state index in [0.717, 1.165) is 18.2 Å². The van der Waals surface area contributed by atoms with Crippen LogP contribution < -0.4 is 21.7 Å². The highest BCUT2D eigenvalue weighted by Gasteiger charge is 2.28. The second-order valence-corrected chi connectivity index (χ2v) is 6.77. The molecule has 0 spiro atoms. The first-order valence-corrected chi connectivity index (χ1v) is 9.03. The number of nitrogens with two attached hydrogens (primary N) is 1. The van der Waals surface area contributed by atoms with E-state index in [4.69, 9.17) is 5.73 Å². The summed E-state index contributed by atoms with van der Waals surface area (Å²) in [4.78, 5) is 23.4. The molecule has 1 saturated heterocycles. The van der Waals surface area contributed by atoms with Crippen LogP contribution >= 0.6 is 0 Å². The van der Waals surface area contributed by atoms with E-state index in [1.54, 1.807) is 30.3 Å². The van der Waals surface area contributed by atoms with Gasteiger partial charge in [-0.25, -0.2) is 13.6 Å². The van der Waals surface area contributed by atoms with Crippen LogP contribution in [0.25, 0.3) is 0 Å². The number of hydrogen-bond acceptors (Lipinski definition) is 3. The average molecular weight is 388 g/mol. The Labute approximate surface area is 161 Å². The summed E-state index contributed by atoms with van der Waals surface area (Å²) in [7, 11) is 0. The van der Waals surface area contributed by atoms with E-state index in [0.29, 0.717) is 24.1 Å². The van der Waals surface area contributed by atoms with Crippen molar-refractivity contribution in [2.45, 2.75) is 24.9 Å². The molecule has 2 unspecified atom stereocenters. The van der Waals surface area contributed by atoms with Crippen molar-refractivity contribution in [3.05, 3.63) is 70.8 Å². The highest BCUT2D eigenvalue weighted by atomic mass is 19.2. The zero-order valence-electron chi connectivity index (χ0n) is 15.2. The van der Waals surface area contributed by atoms with Crippen LogP contribution in [0.3, 0.4) is 0 Å². The second kappa shape index (κ2) is 8.79. The van der Waals surface area contributed by atoms with Crippen molar-refractivity contribution in [3.8, 4) is 0 Å². The van der Waals surface area contributed by atoms with Gasteiger partial charge in [-0.15, -0.1) is 0 Å². The van der Waals surface area contributed by atoms with Crippen LogP contribution in [0.2, 0.25) is 0 Å². The first kappa shape index (κ1) is 19.8. The van der Waals surface area contributed by atoms with Crippen LogP contribution in [0.15, 0.2) is 42.5 Å². The van der Waals surface area contributed by atoms with Gasteiger partial charge in [0, 0.05) is 30.6 Å². The number of rotatable bonds is 5. The van der Waals surface area contributed by atoms with Crippen LogP contribution in [0.5, 0.6) is 0 Å². The zero-order chi connectivity index (χ0) is 20.1. The van der Waals surface area contributed by atoms with E-state index in [9.17, 15) is 18.4 Å². The molecule has 1 aliphatic heterocycles. The third-order valence-electron chi connectivity index (χ3n) is 4.85. The van der Waals surface area contributed by atoms with Gasteiger partial charge >= 0.3 is 6.03 Å². The van der Waals surface area contributed by atoms with Crippen LogP contribution in [-0.4, -0.2) is 31.1 Å². The molecule has 2 atom stereocenters. The Kier molecular flexibility index (Phi) is 6.20. The minimum atomic E-state index is -0.888. The number of nitrogens with one attached hydrogen (secondary N) is 3. The van der Waals surface area contributed by atoms with Gasteiger partial charge in [0.05, 0.1) is 0 Å². The molecule has 1 heterocycles. The minimum absolute atomic E-state index is 0.112. The summed E-state index contributed by atoms with van der Waals surface area (Å²) in [5.74, 6) is -2.14. The van der Waals surface area contributed by atoms with E-state index >= 15 is 0 Å². The molecule has 0 aromatic heterocycles. The highest BCUT2D eigenvalue weighted by molar-refractivity contribution is 5.94. The number of carbonyl (C=O) groups is 2. The largest absolute Gasteiger partial charge is 0.352 e. The lowest BCUT2D eigenvalue weighted by atomic mass is 9.85. The van der Waals surface area contributed by atoms with Gasteiger partial charge < -0.3 is 21.7 Å². The van der Waals surface area contributed by atoms with Crippen molar-refractivity contribution in [1.82, 2.24) is 16.0 Å². The van der Waals surface area contributed by atoms with E-state index < -0.39 is 17.7 Å². The molecule has 0 radical (unpaired) electrons. The van der Waals surface area contributed by atoms with Crippen LogP contribution in [0.4, 0.5) is 13.6 Å². The molecule has 28 heavy (non-hydrogen) atoms. The topological polar surface area (TPSA) is 96.2 Å². The Balaban J connectivity index is 1.68. The Morgan fingerprint density at radius 2 is 1.86 bits per heavy atom. The summed E-state index contributed by atoms with van der Waals surface area (Å²) in [6, 6.07) is 9.81. The van der Waals surface area contributed by atoms with Gasteiger partial charge in [0.2, 0.25) is 0 Å². The van der Waals surface area contributed by atoms with Crippen LogP contribution in [-0.2, 0) is 6.54 Å². The number of carbonyl (C=O) groups excluding carboxylic acids is 2. The first-order valence-electron chi connectivity index (χ1n) is 9.03. The molecule has 0 saturated carbocycles.